The Labute approximate surface area is 153 Å². The van der Waals surface area contributed by atoms with E-state index in [9.17, 15) is 0 Å². The molecular weight excluding hydrogens is 316 g/mol. The third-order valence-corrected chi connectivity index (χ3v) is 5.17. The average Bonchev–Trinajstić information content (AvgIpc) is 3.27. The van der Waals surface area contributed by atoms with Gasteiger partial charge < -0.3 is 9.13 Å². The van der Waals surface area contributed by atoms with Gasteiger partial charge in [0.05, 0.1) is 11.6 Å². The molecule has 4 aromatic rings. The predicted molar refractivity (Wildman–Crippen MR) is 110 cm³/mol. The molecule has 0 amide bonds. The highest BCUT2D eigenvalue weighted by atomic mass is 15.1. The molecule has 0 N–H and O–H groups in total. The number of allylic oxidation sites excluding steroid dienone is 6. The SMILES string of the molecule is C1=C\C=C(\n2ccc3ccccc32)C(n2ccc3ccccc32)C\C=C/1. The molecule has 0 fully saturated rings. The van der Waals surface area contributed by atoms with Crippen molar-refractivity contribution in [2.75, 3.05) is 0 Å². The molecule has 5 rings (SSSR count). The second-order valence-electron chi connectivity index (χ2n) is 6.68. The fourth-order valence-electron chi connectivity index (χ4n) is 3.92. The zero-order valence-corrected chi connectivity index (χ0v) is 14.5. The van der Waals surface area contributed by atoms with Gasteiger partial charge in [0.25, 0.3) is 0 Å². The van der Waals surface area contributed by atoms with Crippen LogP contribution in [0.5, 0.6) is 0 Å². The standard InChI is InChI=1S/C24H20N2/c1-2-4-14-24(26-18-16-20-10-6-8-12-22(20)26)23(13-3-1)25-17-15-19-9-5-7-11-21(19)25/h1-13,15-18,24H,14H2/b3-1-,4-2-,23-13+. The van der Waals surface area contributed by atoms with Crippen molar-refractivity contribution in [2.24, 2.45) is 0 Å². The largest absolute Gasteiger partial charge is 0.338 e. The molecule has 0 radical (unpaired) electrons. The summed E-state index contributed by atoms with van der Waals surface area (Å²) < 4.78 is 4.73. The van der Waals surface area contributed by atoms with Crippen LogP contribution in [0.4, 0.5) is 0 Å². The molecule has 0 aliphatic heterocycles. The van der Waals surface area contributed by atoms with E-state index in [4.69, 9.17) is 0 Å². The van der Waals surface area contributed by atoms with Crippen molar-refractivity contribution in [3.8, 4) is 0 Å². The lowest BCUT2D eigenvalue weighted by molar-refractivity contribution is 0.627. The molecule has 0 saturated heterocycles. The van der Waals surface area contributed by atoms with Gasteiger partial charge in [0.2, 0.25) is 0 Å². The Hall–Kier alpha value is -3.26. The first-order chi connectivity index (χ1) is 12.9. The normalized spacial score (nSPS) is 21.8. The van der Waals surface area contributed by atoms with Crippen LogP contribution in [-0.4, -0.2) is 9.13 Å². The van der Waals surface area contributed by atoms with E-state index >= 15 is 0 Å². The van der Waals surface area contributed by atoms with E-state index in [0.29, 0.717) is 0 Å². The number of benzene rings is 2. The number of hydrogen-bond acceptors (Lipinski definition) is 0. The number of para-hydroxylation sites is 2. The minimum atomic E-state index is 0.243. The van der Waals surface area contributed by atoms with E-state index in [-0.39, 0.29) is 6.04 Å². The van der Waals surface area contributed by atoms with Gasteiger partial charge in [-0.15, -0.1) is 0 Å². The van der Waals surface area contributed by atoms with Crippen LogP contribution in [0, 0.1) is 0 Å². The number of aromatic nitrogens is 2. The lowest BCUT2D eigenvalue weighted by Gasteiger charge is -2.24. The maximum absolute atomic E-state index is 2.40. The van der Waals surface area contributed by atoms with Crippen molar-refractivity contribution >= 4 is 27.5 Å². The zero-order valence-electron chi connectivity index (χ0n) is 14.5. The lowest BCUT2D eigenvalue weighted by Crippen LogP contribution is -2.14. The number of nitrogens with zero attached hydrogens (tertiary/aromatic N) is 2. The highest BCUT2D eigenvalue weighted by Gasteiger charge is 2.19. The molecular formula is C24H20N2. The van der Waals surface area contributed by atoms with E-state index in [1.807, 2.05) is 0 Å². The molecule has 2 heteroatoms. The Morgan fingerprint density at radius 1 is 0.692 bits per heavy atom. The molecule has 1 atom stereocenters. The summed E-state index contributed by atoms with van der Waals surface area (Å²) in [5.41, 5.74) is 3.81. The lowest BCUT2D eigenvalue weighted by atomic mass is 10.1. The Morgan fingerprint density at radius 3 is 2.31 bits per heavy atom. The topological polar surface area (TPSA) is 9.86 Å². The Kier molecular flexibility index (Phi) is 3.60. The smallest absolute Gasteiger partial charge is 0.0775 e. The van der Waals surface area contributed by atoms with Gasteiger partial charge in [-0.2, -0.15) is 0 Å². The van der Waals surface area contributed by atoms with Crippen LogP contribution in [-0.2, 0) is 0 Å². The summed E-state index contributed by atoms with van der Waals surface area (Å²) in [5, 5.41) is 2.55. The summed E-state index contributed by atoms with van der Waals surface area (Å²) >= 11 is 0. The second kappa shape index (κ2) is 6.23. The summed E-state index contributed by atoms with van der Waals surface area (Å²) in [6, 6.07) is 21.8. The van der Waals surface area contributed by atoms with E-state index in [1.165, 1.54) is 27.5 Å². The molecule has 2 nitrogen and oxygen atoms in total. The number of rotatable bonds is 2. The van der Waals surface area contributed by atoms with Crippen LogP contribution in [0.3, 0.4) is 0 Å². The van der Waals surface area contributed by atoms with Crippen LogP contribution in [0.25, 0.3) is 27.5 Å². The van der Waals surface area contributed by atoms with Crippen molar-refractivity contribution < 1.29 is 0 Å². The molecule has 2 aromatic heterocycles. The maximum atomic E-state index is 2.40. The molecule has 1 aliphatic rings. The third kappa shape index (κ3) is 2.42. The van der Waals surface area contributed by atoms with Crippen molar-refractivity contribution in [1.29, 1.82) is 0 Å². The first kappa shape index (κ1) is 15.0. The summed E-state index contributed by atoms with van der Waals surface area (Å²) in [5.74, 6) is 0. The minimum absolute atomic E-state index is 0.243. The van der Waals surface area contributed by atoms with E-state index < -0.39 is 0 Å². The predicted octanol–water partition coefficient (Wildman–Crippen LogP) is 6.19. The van der Waals surface area contributed by atoms with Gasteiger partial charge in [-0.3, -0.25) is 0 Å². The van der Waals surface area contributed by atoms with Crippen LogP contribution < -0.4 is 0 Å². The Morgan fingerprint density at radius 2 is 1.42 bits per heavy atom. The van der Waals surface area contributed by atoms with Gasteiger partial charge in [0, 0.05) is 23.6 Å². The summed E-state index contributed by atoms with van der Waals surface area (Å²) in [6.07, 6.45) is 16.3. The van der Waals surface area contributed by atoms with Crippen LogP contribution in [0.15, 0.2) is 103 Å². The van der Waals surface area contributed by atoms with Gasteiger partial charge in [-0.1, -0.05) is 60.7 Å². The maximum Gasteiger partial charge on any atom is 0.0775 e. The molecule has 0 saturated carbocycles. The van der Waals surface area contributed by atoms with Gasteiger partial charge >= 0.3 is 0 Å². The first-order valence-corrected chi connectivity index (χ1v) is 9.07. The van der Waals surface area contributed by atoms with E-state index in [1.54, 1.807) is 0 Å². The Balaban J connectivity index is 1.72. The molecule has 1 unspecified atom stereocenters. The molecule has 0 bridgehead atoms. The van der Waals surface area contributed by atoms with Crippen molar-refractivity contribution in [1.82, 2.24) is 9.13 Å². The summed E-state index contributed by atoms with van der Waals surface area (Å²) in [6.45, 7) is 0. The number of hydrogen-bond donors (Lipinski definition) is 0. The molecule has 2 heterocycles. The van der Waals surface area contributed by atoms with Crippen LogP contribution in [0.2, 0.25) is 0 Å². The first-order valence-electron chi connectivity index (χ1n) is 9.07. The average molecular weight is 336 g/mol. The Bertz CT molecular complexity index is 1170. The van der Waals surface area contributed by atoms with Crippen molar-refractivity contribution in [3.63, 3.8) is 0 Å². The summed E-state index contributed by atoms with van der Waals surface area (Å²) in [4.78, 5) is 0. The molecule has 26 heavy (non-hydrogen) atoms. The number of fused-ring (bicyclic) bond motifs is 2. The molecule has 126 valence electrons. The van der Waals surface area contributed by atoms with Crippen LogP contribution >= 0.6 is 0 Å². The van der Waals surface area contributed by atoms with Crippen molar-refractivity contribution in [2.45, 2.75) is 12.5 Å². The van der Waals surface area contributed by atoms with E-state index in [2.05, 4.69) is 113 Å². The van der Waals surface area contributed by atoms with Gasteiger partial charge in [0.1, 0.15) is 0 Å². The van der Waals surface area contributed by atoms with Crippen molar-refractivity contribution in [3.05, 3.63) is 103 Å². The molecule has 0 spiro atoms. The van der Waals surface area contributed by atoms with Gasteiger partial charge in [-0.05, 0) is 47.5 Å². The fraction of sp³-hybridized carbons (Fsp3) is 0.0833. The quantitative estimate of drug-likeness (QED) is 0.413. The highest BCUT2D eigenvalue weighted by molar-refractivity contribution is 5.85. The molecule has 2 aromatic carbocycles. The van der Waals surface area contributed by atoms with Gasteiger partial charge in [0.15, 0.2) is 0 Å². The summed E-state index contributed by atoms with van der Waals surface area (Å²) in [7, 11) is 0. The monoisotopic (exact) mass is 336 g/mol. The second-order valence-corrected chi connectivity index (χ2v) is 6.68. The van der Waals surface area contributed by atoms with E-state index in [0.717, 1.165) is 6.42 Å². The minimum Gasteiger partial charge on any atom is -0.338 e. The fourth-order valence-corrected chi connectivity index (χ4v) is 3.92. The van der Waals surface area contributed by atoms with Gasteiger partial charge in [-0.25, -0.2) is 0 Å². The third-order valence-electron chi connectivity index (χ3n) is 5.17. The van der Waals surface area contributed by atoms with Crippen LogP contribution in [0.1, 0.15) is 12.5 Å². The highest BCUT2D eigenvalue weighted by Crippen LogP contribution is 2.34. The zero-order chi connectivity index (χ0) is 17.3. The molecule has 1 aliphatic carbocycles.